The van der Waals surface area contributed by atoms with Crippen LogP contribution in [0.15, 0.2) is 0 Å². The Morgan fingerprint density at radius 3 is 0.621 bits per heavy atom. The lowest BCUT2D eigenvalue weighted by atomic mass is 10.2. The Morgan fingerprint density at radius 1 is 0.276 bits per heavy atom. The van der Waals surface area contributed by atoms with Crippen LogP contribution in [0.5, 0.6) is 0 Å². The van der Waals surface area contributed by atoms with Crippen LogP contribution in [-0.4, -0.2) is 73.6 Å². The zero-order chi connectivity index (χ0) is 21.6. The Bertz CT molecular complexity index is 266. The van der Waals surface area contributed by atoms with Gasteiger partial charge in [0.25, 0.3) is 0 Å². The molecule has 0 N–H and O–H groups in total. The van der Waals surface area contributed by atoms with Crippen molar-refractivity contribution in [3.8, 4) is 0 Å². The number of rotatable bonds is 23. The largest absolute Gasteiger partial charge is 0.303 e. The van der Waals surface area contributed by atoms with E-state index >= 15 is 0 Å². The molecule has 0 bridgehead atoms. The Balaban J connectivity index is 4.32. The molecule has 176 valence electrons. The summed E-state index contributed by atoms with van der Waals surface area (Å²) in [5.74, 6) is 0. The maximum atomic E-state index is 2.76. The van der Waals surface area contributed by atoms with Crippen molar-refractivity contribution in [1.82, 2.24) is 14.7 Å². The van der Waals surface area contributed by atoms with Crippen molar-refractivity contribution < 1.29 is 0 Å². The summed E-state index contributed by atoms with van der Waals surface area (Å²) < 4.78 is 0. The summed E-state index contributed by atoms with van der Waals surface area (Å²) in [5, 5.41) is 0. The average Bonchev–Trinajstić information content (AvgIpc) is 2.74. The molecule has 0 fully saturated rings. The Labute approximate surface area is 185 Å². The van der Waals surface area contributed by atoms with E-state index in [1.54, 1.807) is 0 Å². The number of nitrogens with zero attached hydrogens (tertiary/aromatic N) is 3. The minimum absolute atomic E-state index is 1.29. The minimum Gasteiger partial charge on any atom is -0.303 e. The topological polar surface area (TPSA) is 9.72 Å². The molecule has 0 radical (unpaired) electrons. The smallest absolute Gasteiger partial charge is 0.000654 e. The first kappa shape index (κ1) is 28.9. The van der Waals surface area contributed by atoms with E-state index in [4.69, 9.17) is 0 Å². The molecule has 0 saturated carbocycles. The van der Waals surface area contributed by atoms with Crippen LogP contribution in [0.4, 0.5) is 0 Å². The van der Waals surface area contributed by atoms with E-state index in [-0.39, 0.29) is 0 Å². The molecule has 3 heteroatoms. The van der Waals surface area contributed by atoms with Crippen LogP contribution in [0, 0.1) is 0 Å². The summed E-state index contributed by atoms with van der Waals surface area (Å²) in [5.41, 5.74) is 0. The molecule has 0 amide bonds. The molecular formula is C26H57N3. The molecule has 0 spiro atoms. The summed E-state index contributed by atoms with van der Waals surface area (Å²) >= 11 is 0. The van der Waals surface area contributed by atoms with Gasteiger partial charge in [-0.2, -0.15) is 0 Å². The lowest BCUT2D eigenvalue weighted by molar-refractivity contribution is 0.202. The highest BCUT2D eigenvalue weighted by molar-refractivity contribution is 4.65. The first-order chi connectivity index (χ1) is 14.2. The maximum Gasteiger partial charge on any atom is -0.000654 e. The van der Waals surface area contributed by atoms with Crippen molar-refractivity contribution in [2.75, 3.05) is 58.9 Å². The molecule has 0 aromatic carbocycles. The van der Waals surface area contributed by atoms with E-state index in [1.807, 2.05) is 0 Å². The van der Waals surface area contributed by atoms with E-state index in [0.29, 0.717) is 0 Å². The van der Waals surface area contributed by atoms with Gasteiger partial charge < -0.3 is 14.7 Å². The number of unbranched alkanes of at least 4 members (excludes halogenated alkanes) is 5. The first-order valence-corrected chi connectivity index (χ1v) is 13.4. The summed E-state index contributed by atoms with van der Waals surface area (Å²) in [4.78, 5) is 8.21. The number of hydrogen-bond acceptors (Lipinski definition) is 3. The van der Waals surface area contributed by atoms with Crippen molar-refractivity contribution in [2.24, 2.45) is 0 Å². The Kier molecular flexibility index (Phi) is 22.5. The van der Waals surface area contributed by atoms with Gasteiger partial charge in [-0.3, -0.25) is 0 Å². The molecule has 0 aromatic heterocycles. The SMILES string of the molecule is CCCCN(CCCC)CCCN(CCCC)CCCN(CCCC)CCCC. The fourth-order valence-electron chi connectivity index (χ4n) is 3.95. The Morgan fingerprint density at radius 2 is 0.448 bits per heavy atom. The van der Waals surface area contributed by atoms with Gasteiger partial charge in [0.2, 0.25) is 0 Å². The average molecular weight is 412 g/mol. The molecule has 0 aliphatic heterocycles. The second-order valence-corrected chi connectivity index (χ2v) is 9.00. The van der Waals surface area contributed by atoms with E-state index in [9.17, 15) is 0 Å². The van der Waals surface area contributed by atoms with E-state index < -0.39 is 0 Å². The van der Waals surface area contributed by atoms with Crippen LogP contribution in [0.25, 0.3) is 0 Å². The summed E-state index contributed by atoms with van der Waals surface area (Å²) in [6, 6.07) is 0. The fourth-order valence-corrected chi connectivity index (χ4v) is 3.95. The van der Waals surface area contributed by atoms with Crippen LogP contribution < -0.4 is 0 Å². The lowest BCUT2D eigenvalue weighted by Gasteiger charge is -2.27. The monoisotopic (exact) mass is 411 g/mol. The van der Waals surface area contributed by atoms with Gasteiger partial charge in [-0.25, -0.2) is 0 Å². The maximum absolute atomic E-state index is 2.76. The highest BCUT2D eigenvalue weighted by atomic mass is 15.2. The molecule has 0 atom stereocenters. The molecule has 0 aliphatic rings. The summed E-state index contributed by atoms with van der Waals surface area (Å²) in [6.45, 7) is 23.3. The van der Waals surface area contributed by atoms with Gasteiger partial charge in [0.15, 0.2) is 0 Å². The van der Waals surface area contributed by atoms with Gasteiger partial charge in [0.05, 0.1) is 0 Å². The van der Waals surface area contributed by atoms with Gasteiger partial charge in [-0.1, -0.05) is 66.7 Å². The third kappa shape index (κ3) is 18.4. The minimum atomic E-state index is 1.29. The predicted octanol–water partition coefficient (Wildman–Crippen LogP) is 6.67. The second kappa shape index (κ2) is 22.6. The molecular weight excluding hydrogens is 354 g/mol. The van der Waals surface area contributed by atoms with Crippen LogP contribution in [-0.2, 0) is 0 Å². The van der Waals surface area contributed by atoms with Crippen LogP contribution >= 0.6 is 0 Å². The summed E-state index contributed by atoms with van der Waals surface area (Å²) in [6.07, 6.45) is 16.0. The normalized spacial score (nSPS) is 12.0. The van der Waals surface area contributed by atoms with Gasteiger partial charge >= 0.3 is 0 Å². The van der Waals surface area contributed by atoms with Gasteiger partial charge in [-0.05, 0) is 104 Å². The molecule has 29 heavy (non-hydrogen) atoms. The van der Waals surface area contributed by atoms with Crippen molar-refractivity contribution in [1.29, 1.82) is 0 Å². The molecule has 0 aliphatic carbocycles. The van der Waals surface area contributed by atoms with Gasteiger partial charge in [0, 0.05) is 0 Å². The van der Waals surface area contributed by atoms with Crippen LogP contribution in [0.3, 0.4) is 0 Å². The zero-order valence-electron chi connectivity index (χ0n) is 21.2. The molecule has 0 heterocycles. The van der Waals surface area contributed by atoms with Gasteiger partial charge in [-0.15, -0.1) is 0 Å². The molecule has 0 aromatic rings. The standard InChI is InChI=1S/C26H57N3/c1-6-11-18-27(19-12-7-2)23-16-25-29(22-15-10-5)26-17-24-28(20-13-8-3)21-14-9-4/h6-26H2,1-5H3. The highest BCUT2D eigenvalue weighted by Gasteiger charge is 2.09. The predicted molar refractivity (Wildman–Crippen MR) is 133 cm³/mol. The second-order valence-electron chi connectivity index (χ2n) is 9.00. The van der Waals surface area contributed by atoms with Crippen molar-refractivity contribution in [3.63, 3.8) is 0 Å². The third-order valence-corrected chi connectivity index (χ3v) is 6.04. The highest BCUT2D eigenvalue weighted by Crippen LogP contribution is 2.06. The van der Waals surface area contributed by atoms with E-state index in [2.05, 4.69) is 49.3 Å². The molecule has 3 nitrogen and oxygen atoms in total. The van der Waals surface area contributed by atoms with Gasteiger partial charge in [0.1, 0.15) is 0 Å². The van der Waals surface area contributed by atoms with Crippen LogP contribution in [0.2, 0.25) is 0 Å². The summed E-state index contributed by atoms with van der Waals surface area (Å²) in [7, 11) is 0. The van der Waals surface area contributed by atoms with Crippen molar-refractivity contribution >= 4 is 0 Å². The lowest BCUT2D eigenvalue weighted by Crippen LogP contribution is -2.34. The molecule has 0 unspecified atom stereocenters. The van der Waals surface area contributed by atoms with Crippen molar-refractivity contribution in [3.05, 3.63) is 0 Å². The zero-order valence-corrected chi connectivity index (χ0v) is 21.2. The van der Waals surface area contributed by atoms with Crippen molar-refractivity contribution in [2.45, 2.75) is 112 Å². The Hall–Kier alpha value is -0.120. The molecule has 0 rings (SSSR count). The third-order valence-electron chi connectivity index (χ3n) is 6.04. The quantitative estimate of drug-likeness (QED) is 0.186. The van der Waals surface area contributed by atoms with E-state index in [1.165, 1.54) is 136 Å². The number of hydrogen-bond donors (Lipinski definition) is 0. The van der Waals surface area contributed by atoms with E-state index in [0.717, 1.165) is 0 Å². The first-order valence-electron chi connectivity index (χ1n) is 13.4. The fraction of sp³-hybridized carbons (Fsp3) is 1.00. The molecule has 0 saturated heterocycles. The van der Waals surface area contributed by atoms with Crippen LogP contribution in [0.1, 0.15) is 112 Å².